The van der Waals surface area contributed by atoms with Gasteiger partial charge in [0.15, 0.2) is 0 Å². The van der Waals surface area contributed by atoms with Gasteiger partial charge in [-0.1, -0.05) is 6.92 Å². The van der Waals surface area contributed by atoms with Crippen molar-refractivity contribution in [2.75, 3.05) is 6.26 Å². The van der Waals surface area contributed by atoms with E-state index in [1.165, 1.54) is 0 Å². The van der Waals surface area contributed by atoms with Crippen molar-refractivity contribution in [2.24, 2.45) is 0 Å². The van der Waals surface area contributed by atoms with Gasteiger partial charge in [0.05, 0.1) is 15.7 Å². The van der Waals surface area contributed by atoms with Crippen LogP contribution in [0.3, 0.4) is 0 Å². The summed E-state index contributed by atoms with van der Waals surface area (Å²) in [4.78, 5) is 8.71. The van der Waals surface area contributed by atoms with E-state index in [0.29, 0.717) is 4.90 Å². The Balaban J connectivity index is 0.00000121. The molecule has 1 rings (SSSR count). The van der Waals surface area contributed by atoms with Crippen LogP contribution in [0.2, 0.25) is 0 Å². The lowest BCUT2D eigenvalue weighted by Gasteiger charge is -1.95. The van der Waals surface area contributed by atoms with Gasteiger partial charge < -0.3 is 5.48 Å². The summed E-state index contributed by atoms with van der Waals surface area (Å²) >= 11 is 0. The van der Waals surface area contributed by atoms with E-state index < -0.39 is 10.8 Å². The molecule has 0 aliphatic rings. The smallest absolute Gasteiger partial charge is 0.128 e. The Morgan fingerprint density at radius 3 is 2.25 bits per heavy atom. The van der Waals surface area contributed by atoms with Crippen molar-refractivity contribution in [3.63, 3.8) is 0 Å². The molecule has 0 saturated carbocycles. The quantitative estimate of drug-likeness (QED) is 0.653. The first-order chi connectivity index (χ1) is 5.24. The molecule has 2 N–H and O–H groups in total. The number of hydrogen-bond acceptors (Lipinski definition) is 3. The number of aryl methyl sites for hydroxylation is 1. The minimum absolute atomic E-state index is 0. The monoisotopic (exact) mass is 188 g/mol. The molecule has 68 valence electrons. The van der Waals surface area contributed by atoms with Crippen molar-refractivity contribution in [1.82, 2.24) is 9.97 Å². The van der Waals surface area contributed by atoms with E-state index in [4.69, 9.17) is 0 Å². The average molecular weight is 188 g/mol. The first-order valence-corrected chi connectivity index (χ1v) is 4.94. The normalized spacial score (nSPS) is 11.8. The van der Waals surface area contributed by atoms with Gasteiger partial charge in [0.1, 0.15) is 5.82 Å². The fraction of sp³-hybridized carbons (Fsp3) is 0.429. The molecule has 0 spiro atoms. The Morgan fingerprint density at radius 1 is 1.42 bits per heavy atom. The first-order valence-electron chi connectivity index (χ1n) is 3.38. The highest BCUT2D eigenvalue weighted by Gasteiger charge is 1.97. The van der Waals surface area contributed by atoms with E-state index in [-0.39, 0.29) is 5.48 Å². The highest BCUT2D eigenvalue weighted by atomic mass is 32.2. The van der Waals surface area contributed by atoms with Crippen molar-refractivity contribution >= 4 is 10.8 Å². The van der Waals surface area contributed by atoms with Crippen molar-refractivity contribution in [2.45, 2.75) is 18.2 Å². The Labute approximate surface area is 73.8 Å². The van der Waals surface area contributed by atoms with E-state index in [9.17, 15) is 4.21 Å². The van der Waals surface area contributed by atoms with Gasteiger partial charge in [0.2, 0.25) is 0 Å². The number of aromatic nitrogens is 2. The summed E-state index contributed by atoms with van der Waals surface area (Å²) in [6.07, 6.45) is 5.66. The van der Waals surface area contributed by atoms with Crippen LogP contribution in [-0.2, 0) is 17.2 Å². The van der Waals surface area contributed by atoms with Crippen molar-refractivity contribution in [3.8, 4) is 0 Å². The van der Waals surface area contributed by atoms with Gasteiger partial charge in [-0.3, -0.25) is 4.21 Å². The molecule has 0 bridgehead atoms. The Bertz CT molecular complexity index is 261. The van der Waals surface area contributed by atoms with Gasteiger partial charge in [0.25, 0.3) is 0 Å². The molecule has 0 radical (unpaired) electrons. The van der Waals surface area contributed by atoms with E-state index in [1.54, 1.807) is 18.6 Å². The third-order valence-corrected chi connectivity index (χ3v) is 2.20. The van der Waals surface area contributed by atoms with Crippen LogP contribution < -0.4 is 0 Å². The molecule has 5 heteroatoms. The zero-order valence-corrected chi connectivity index (χ0v) is 7.89. The van der Waals surface area contributed by atoms with Gasteiger partial charge in [-0.25, -0.2) is 9.97 Å². The lowest BCUT2D eigenvalue weighted by molar-refractivity contribution is 0.685. The summed E-state index contributed by atoms with van der Waals surface area (Å²) in [5.74, 6) is 0.791. The highest BCUT2D eigenvalue weighted by molar-refractivity contribution is 7.84. The fourth-order valence-corrected chi connectivity index (χ4v) is 1.08. The molecule has 1 unspecified atom stereocenters. The summed E-state index contributed by atoms with van der Waals surface area (Å²) in [6.45, 7) is 1.98. The molecular formula is C7H12N2O2S. The Kier molecular flexibility index (Phi) is 4.61. The van der Waals surface area contributed by atoms with Gasteiger partial charge in [-0.05, 0) is 0 Å². The summed E-state index contributed by atoms with van der Waals surface area (Å²) in [7, 11) is -0.964. The summed E-state index contributed by atoms with van der Waals surface area (Å²) in [5, 5.41) is 0. The van der Waals surface area contributed by atoms with Crippen LogP contribution in [0.25, 0.3) is 0 Å². The second-order valence-electron chi connectivity index (χ2n) is 2.14. The minimum atomic E-state index is -0.964. The first kappa shape index (κ1) is 11.2. The topological polar surface area (TPSA) is 74.3 Å². The Hall–Kier alpha value is -0.810. The zero-order valence-electron chi connectivity index (χ0n) is 7.07. The molecule has 1 aromatic heterocycles. The third-order valence-electron chi connectivity index (χ3n) is 1.33. The van der Waals surface area contributed by atoms with Crippen molar-refractivity contribution < 1.29 is 9.69 Å². The van der Waals surface area contributed by atoms with Gasteiger partial charge in [0, 0.05) is 25.1 Å². The van der Waals surface area contributed by atoms with E-state index >= 15 is 0 Å². The van der Waals surface area contributed by atoms with E-state index in [0.717, 1.165) is 12.2 Å². The summed E-state index contributed by atoms with van der Waals surface area (Å²) < 4.78 is 10.9. The molecule has 1 aromatic rings. The predicted octanol–water partition coefficient (Wildman–Crippen LogP) is -0.0483. The minimum Gasteiger partial charge on any atom is -0.412 e. The average Bonchev–Trinajstić information content (AvgIpc) is 2.05. The van der Waals surface area contributed by atoms with Crippen LogP contribution in [0.1, 0.15) is 12.7 Å². The fourth-order valence-electron chi connectivity index (χ4n) is 0.674. The van der Waals surface area contributed by atoms with Gasteiger partial charge in [-0.15, -0.1) is 0 Å². The molecule has 0 saturated heterocycles. The Morgan fingerprint density at radius 2 is 1.92 bits per heavy atom. The maximum absolute atomic E-state index is 10.9. The molecule has 4 nitrogen and oxygen atoms in total. The molecule has 0 amide bonds. The van der Waals surface area contributed by atoms with Crippen molar-refractivity contribution in [3.05, 3.63) is 18.2 Å². The molecule has 0 aromatic carbocycles. The van der Waals surface area contributed by atoms with E-state index in [2.05, 4.69) is 9.97 Å². The van der Waals surface area contributed by atoms with Gasteiger partial charge in [-0.2, -0.15) is 0 Å². The maximum Gasteiger partial charge on any atom is 0.128 e. The van der Waals surface area contributed by atoms with Crippen LogP contribution in [0.4, 0.5) is 0 Å². The van der Waals surface area contributed by atoms with Gasteiger partial charge >= 0.3 is 0 Å². The number of rotatable bonds is 2. The molecule has 1 heterocycles. The zero-order chi connectivity index (χ0) is 8.27. The van der Waals surface area contributed by atoms with Crippen LogP contribution in [-0.4, -0.2) is 25.9 Å². The molecular weight excluding hydrogens is 176 g/mol. The molecule has 0 aliphatic carbocycles. The maximum atomic E-state index is 10.9. The van der Waals surface area contributed by atoms with Crippen molar-refractivity contribution in [1.29, 1.82) is 0 Å². The molecule has 0 aliphatic heterocycles. The largest absolute Gasteiger partial charge is 0.412 e. The second-order valence-corrected chi connectivity index (χ2v) is 3.52. The SMILES string of the molecule is CCc1ncc(S(C)=O)cn1.O. The predicted molar refractivity (Wildman–Crippen MR) is 47.4 cm³/mol. The lowest BCUT2D eigenvalue weighted by Crippen LogP contribution is -1.95. The van der Waals surface area contributed by atoms with E-state index in [1.807, 2.05) is 6.92 Å². The van der Waals surface area contributed by atoms with Crippen LogP contribution in [0.5, 0.6) is 0 Å². The molecule has 1 atom stereocenters. The summed E-state index contributed by atoms with van der Waals surface area (Å²) in [5.41, 5.74) is 0. The number of hydrogen-bond donors (Lipinski definition) is 0. The number of nitrogens with zero attached hydrogens (tertiary/aromatic N) is 2. The molecule has 0 fully saturated rings. The van der Waals surface area contributed by atoms with Crippen LogP contribution >= 0.6 is 0 Å². The molecule has 12 heavy (non-hydrogen) atoms. The summed E-state index contributed by atoms with van der Waals surface area (Å²) in [6, 6.07) is 0. The van der Waals surface area contributed by atoms with Crippen LogP contribution in [0, 0.1) is 0 Å². The lowest BCUT2D eigenvalue weighted by atomic mass is 10.4. The standard InChI is InChI=1S/C7H10N2OS.H2O/c1-3-7-8-4-6(5-9-7)11(2)10;/h4-5H,3H2,1-2H3;1H2. The highest BCUT2D eigenvalue weighted by Crippen LogP contribution is 2.00. The second kappa shape index (κ2) is 4.95. The third kappa shape index (κ3) is 2.67. The van der Waals surface area contributed by atoms with Crippen LogP contribution in [0.15, 0.2) is 17.3 Å².